The molecule has 108 valence electrons. The average Bonchev–Trinajstić information content (AvgIpc) is 2.60. The SMILES string of the molecule is Brc1cc2ccccc2cc1C#Cc1cccc2ccccc12. The van der Waals surface area contributed by atoms with Gasteiger partial charge in [0.15, 0.2) is 0 Å². The van der Waals surface area contributed by atoms with Crippen LogP contribution in [0.15, 0.2) is 83.3 Å². The molecular weight excluding hydrogens is 344 g/mol. The summed E-state index contributed by atoms with van der Waals surface area (Å²) in [7, 11) is 0. The summed E-state index contributed by atoms with van der Waals surface area (Å²) in [6, 6.07) is 27.2. The van der Waals surface area contributed by atoms with Crippen molar-refractivity contribution in [1.82, 2.24) is 0 Å². The predicted molar refractivity (Wildman–Crippen MR) is 102 cm³/mol. The fraction of sp³-hybridized carbons (Fsp3) is 0. The van der Waals surface area contributed by atoms with Crippen LogP contribution in [0.5, 0.6) is 0 Å². The molecular formula is C22H13Br. The van der Waals surface area contributed by atoms with Gasteiger partial charge in [-0.15, -0.1) is 0 Å². The van der Waals surface area contributed by atoms with Gasteiger partial charge >= 0.3 is 0 Å². The van der Waals surface area contributed by atoms with Crippen LogP contribution in [-0.4, -0.2) is 0 Å². The maximum Gasteiger partial charge on any atom is 0.0397 e. The first-order valence-corrected chi connectivity index (χ1v) is 8.29. The van der Waals surface area contributed by atoms with E-state index >= 15 is 0 Å². The van der Waals surface area contributed by atoms with Crippen LogP contribution in [0, 0.1) is 11.8 Å². The summed E-state index contributed by atoms with van der Waals surface area (Å²) in [5.41, 5.74) is 2.07. The summed E-state index contributed by atoms with van der Waals surface area (Å²) in [5, 5.41) is 4.84. The molecule has 0 aromatic heterocycles. The van der Waals surface area contributed by atoms with Gasteiger partial charge in [-0.3, -0.25) is 0 Å². The molecule has 0 saturated heterocycles. The molecule has 0 heterocycles. The molecule has 4 aromatic rings. The van der Waals surface area contributed by atoms with Crippen molar-refractivity contribution >= 4 is 37.5 Å². The smallest absolute Gasteiger partial charge is 0.0397 e. The van der Waals surface area contributed by atoms with E-state index in [-0.39, 0.29) is 0 Å². The molecule has 1 heteroatoms. The van der Waals surface area contributed by atoms with Gasteiger partial charge in [0.25, 0.3) is 0 Å². The lowest BCUT2D eigenvalue weighted by atomic mass is 10.0. The minimum atomic E-state index is 1.01. The van der Waals surface area contributed by atoms with Gasteiger partial charge in [0.05, 0.1) is 0 Å². The summed E-state index contributed by atoms with van der Waals surface area (Å²) in [5.74, 6) is 6.65. The monoisotopic (exact) mass is 356 g/mol. The number of fused-ring (bicyclic) bond motifs is 2. The molecule has 0 fully saturated rings. The zero-order valence-corrected chi connectivity index (χ0v) is 14.0. The maximum atomic E-state index is 3.64. The first-order chi connectivity index (χ1) is 11.3. The number of hydrogen-bond acceptors (Lipinski definition) is 0. The molecule has 0 atom stereocenters. The van der Waals surface area contributed by atoms with Crippen LogP contribution in [0.4, 0.5) is 0 Å². The molecule has 4 rings (SSSR count). The Labute approximate surface area is 143 Å². The second kappa shape index (κ2) is 5.91. The Bertz CT molecular complexity index is 1080. The Morgan fingerprint density at radius 1 is 0.565 bits per heavy atom. The fourth-order valence-electron chi connectivity index (χ4n) is 2.78. The topological polar surface area (TPSA) is 0 Å². The molecule has 0 aliphatic heterocycles. The van der Waals surface area contributed by atoms with E-state index in [2.05, 4.69) is 107 Å². The molecule has 0 radical (unpaired) electrons. The second-order valence-corrected chi connectivity index (χ2v) is 6.31. The zero-order chi connectivity index (χ0) is 15.6. The maximum absolute atomic E-state index is 3.64. The van der Waals surface area contributed by atoms with E-state index in [1.165, 1.54) is 21.5 Å². The normalized spacial score (nSPS) is 10.5. The van der Waals surface area contributed by atoms with Gasteiger partial charge in [-0.05, 0) is 55.7 Å². The Morgan fingerprint density at radius 2 is 1.17 bits per heavy atom. The van der Waals surface area contributed by atoms with Gasteiger partial charge in [-0.2, -0.15) is 0 Å². The highest BCUT2D eigenvalue weighted by molar-refractivity contribution is 9.10. The third kappa shape index (κ3) is 2.74. The largest absolute Gasteiger partial charge is 0.0616 e. The molecule has 0 N–H and O–H groups in total. The Balaban J connectivity index is 1.85. The van der Waals surface area contributed by atoms with E-state index in [0.717, 1.165) is 15.6 Å². The van der Waals surface area contributed by atoms with Crippen molar-refractivity contribution in [3.05, 3.63) is 94.5 Å². The van der Waals surface area contributed by atoms with Crippen molar-refractivity contribution in [2.45, 2.75) is 0 Å². The van der Waals surface area contributed by atoms with E-state index in [1.54, 1.807) is 0 Å². The summed E-state index contributed by atoms with van der Waals surface area (Å²) in [6.45, 7) is 0. The summed E-state index contributed by atoms with van der Waals surface area (Å²) < 4.78 is 1.03. The number of rotatable bonds is 0. The minimum Gasteiger partial charge on any atom is -0.0616 e. The molecule has 0 spiro atoms. The van der Waals surface area contributed by atoms with Crippen molar-refractivity contribution in [3.63, 3.8) is 0 Å². The van der Waals surface area contributed by atoms with Gasteiger partial charge in [0, 0.05) is 15.6 Å². The summed E-state index contributed by atoms with van der Waals surface area (Å²) >= 11 is 3.64. The average molecular weight is 357 g/mol. The molecule has 0 saturated carbocycles. The quantitative estimate of drug-likeness (QED) is 0.331. The molecule has 4 aromatic carbocycles. The van der Waals surface area contributed by atoms with E-state index in [9.17, 15) is 0 Å². The van der Waals surface area contributed by atoms with E-state index in [1.807, 2.05) is 0 Å². The lowest BCUT2D eigenvalue weighted by Gasteiger charge is -2.02. The van der Waals surface area contributed by atoms with Gasteiger partial charge in [0.1, 0.15) is 0 Å². The first kappa shape index (κ1) is 14.1. The lowest BCUT2D eigenvalue weighted by molar-refractivity contribution is 1.63. The summed E-state index contributed by atoms with van der Waals surface area (Å²) in [4.78, 5) is 0. The second-order valence-electron chi connectivity index (χ2n) is 5.46. The van der Waals surface area contributed by atoms with Crippen LogP contribution in [0.3, 0.4) is 0 Å². The van der Waals surface area contributed by atoms with Crippen molar-refractivity contribution in [2.24, 2.45) is 0 Å². The number of hydrogen-bond donors (Lipinski definition) is 0. The highest BCUT2D eigenvalue weighted by Crippen LogP contribution is 2.24. The molecule has 0 unspecified atom stereocenters. The van der Waals surface area contributed by atoms with E-state index < -0.39 is 0 Å². The minimum absolute atomic E-state index is 1.01. The molecule has 0 aliphatic rings. The number of benzene rings is 4. The Kier molecular flexibility index (Phi) is 3.61. The van der Waals surface area contributed by atoms with Crippen molar-refractivity contribution in [1.29, 1.82) is 0 Å². The van der Waals surface area contributed by atoms with Gasteiger partial charge in [-0.25, -0.2) is 0 Å². The highest BCUT2D eigenvalue weighted by Gasteiger charge is 2.01. The highest BCUT2D eigenvalue weighted by atomic mass is 79.9. The predicted octanol–water partition coefficient (Wildman–Crippen LogP) is 6.16. The Morgan fingerprint density at radius 3 is 2.00 bits per heavy atom. The van der Waals surface area contributed by atoms with Crippen molar-refractivity contribution in [3.8, 4) is 11.8 Å². The molecule has 23 heavy (non-hydrogen) atoms. The van der Waals surface area contributed by atoms with Gasteiger partial charge in [0.2, 0.25) is 0 Å². The summed E-state index contributed by atoms with van der Waals surface area (Å²) in [6.07, 6.45) is 0. The van der Waals surface area contributed by atoms with E-state index in [4.69, 9.17) is 0 Å². The van der Waals surface area contributed by atoms with Crippen LogP contribution in [0.2, 0.25) is 0 Å². The number of halogens is 1. The van der Waals surface area contributed by atoms with Crippen LogP contribution in [0.25, 0.3) is 21.5 Å². The Hall–Kier alpha value is -2.56. The van der Waals surface area contributed by atoms with Crippen LogP contribution >= 0.6 is 15.9 Å². The van der Waals surface area contributed by atoms with Crippen LogP contribution in [-0.2, 0) is 0 Å². The van der Waals surface area contributed by atoms with Gasteiger partial charge < -0.3 is 0 Å². The molecule has 0 nitrogen and oxygen atoms in total. The molecule has 0 amide bonds. The standard InChI is InChI=1S/C22H13Br/c23-22-15-19-8-2-1-7-18(19)14-20(22)13-12-17-10-5-9-16-6-3-4-11-21(16)17/h1-11,14-15H. The lowest BCUT2D eigenvalue weighted by Crippen LogP contribution is -1.82. The molecule has 0 bridgehead atoms. The zero-order valence-electron chi connectivity index (χ0n) is 12.4. The van der Waals surface area contributed by atoms with E-state index in [0.29, 0.717) is 0 Å². The van der Waals surface area contributed by atoms with Crippen molar-refractivity contribution < 1.29 is 0 Å². The first-order valence-electron chi connectivity index (χ1n) is 7.49. The fourth-order valence-corrected chi connectivity index (χ4v) is 3.24. The van der Waals surface area contributed by atoms with Crippen LogP contribution < -0.4 is 0 Å². The van der Waals surface area contributed by atoms with Crippen LogP contribution in [0.1, 0.15) is 11.1 Å². The third-order valence-electron chi connectivity index (χ3n) is 3.96. The molecule has 0 aliphatic carbocycles. The van der Waals surface area contributed by atoms with Crippen molar-refractivity contribution in [2.75, 3.05) is 0 Å². The van der Waals surface area contributed by atoms with Gasteiger partial charge in [-0.1, -0.05) is 72.5 Å². The third-order valence-corrected chi connectivity index (χ3v) is 4.61.